The Morgan fingerprint density at radius 3 is 2.84 bits per heavy atom. The van der Waals surface area contributed by atoms with Crippen molar-refractivity contribution in [2.24, 2.45) is 0 Å². The van der Waals surface area contributed by atoms with Crippen LogP contribution in [0.4, 0.5) is 11.5 Å². The van der Waals surface area contributed by atoms with Gasteiger partial charge in [-0.2, -0.15) is 0 Å². The summed E-state index contributed by atoms with van der Waals surface area (Å²) in [6.45, 7) is 6.75. The molecule has 4 heterocycles. The van der Waals surface area contributed by atoms with Gasteiger partial charge >= 0.3 is 0 Å². The van der Waals surface area contributed by atoms with Crippen molar-refractivity contribution in [3.8, 4) is 0 Å². The summed E-state index contributed by atoms with van der Waals surface area (Å²) < 4.78 is 1.05. The average molecular weight is 444 g/mol. The Morgan fingerprint density at radius 2 is 2.00 bits per heavy atom. The van der Waals surface area contributed by atoms with Crippen LogP contribution in [0.15, 0.2) is 48.7 Å². The fraction of sp³-hybridized carbons (Fsp3) is 0.280. The highest BCUT2D eigenvalue weighted by Crippen LogP contribution is 2.34. The van der Waals surface area contributed by atoms with E-state index in [0.717, 1.165) is 63.1 Å². The van der Waals surface area contributed by atoms with Gasteiger partial charge in [0.05, 0.1) is 27.0 Å². The van der Waals surface area contributed by atoms with Crippen molar-refractivity contribution in [3.05, 3.63) is 76.2 Å². The molecule has 6 nitrogen and oxygen atoms in total. The molecular formula is C25H25N5OS. The zero-order valence-electron chi connectivity index (χ0n) is 18.4. The predicted molar refractivity (Wildman–Crippen MR) is 129 cm³/mol. The number of nitrogens with one attached hydrogen (secondary N) is 1. The summed E-state index contributed by atoms with van der Waals surface area (Å²) >= 11 is 1.62. The first-order chi connectivity index (χ1) is 15.5. The van der Waals surface area contributed by atoms with Crippen LogP contribution in [0.5, 0.6) is 0 Å². The van der Waals surface area contributed by atoms with Gasteiger partial charge in [0, 0.05) is 29.7 Å². The molecule has 1 aliphatic rings. The number of fused-ring (bicyclic) bond motifs is 1. The largest absolute Gasteiger partial charge is 0.340 e. The highest BCUT2D eigenvalue weighted by atomic mass is 32.1. The Hall–Kier alpha value is -3.32. The molecule has 5 rings (SSSR count). The third-order valence-corrected chi connectivity index (χ3v) is 6.78. The van der Waals surface area contributed by atoms with Gasteiger partial charge in [0.25, 0.3) is 5.91 Å². The van der Waals surface area contributed by atoms with E-state index in [1.807, 2.05) is 68.1 Å². The van der Waals surface area contributed by atoms with E-state index < -0.39 is 0 Å². The number of pyridine rings is 2. The lowest BCUT2D eigenvalue weighted by molar-refractivity contribution is 0.0733. The summed E-state index contributed by atoms with van der Waals surface area (Å²) in [6, 6.07) is 13.8. The van der Waals surface area contributed by atoms with Gasteiger partial charge in [0.2, 0.25) is 0 Å². The SMILES string of the molecule is Cc1cc(Nc2ncccc2C)cc(C2CCCN2C(=O)c2ccc3nc(C)sc3c2)n1. The molecule has 7 heteroatoms. The molecule has 0 bridgehead atoms. The molecule has 1 fully saturated rings. The lowest BCUT2D eigenvalue weighted by atomic mass is 10.1. The Balaban J connectivity index is 1.44. The van der Waals surface area contributed by atoms with Crippen LogP contribution >= 0.6 is 11.3 Å². The monoisotopic (exact) mass is 443 g/mol. The van der Waals surface area contributed by atoms with Crippen LogP contribution in [-0.4, -0.2) is 32.3 Å². The van der Waals surface area contributed by atoms with E-state index in [-0.39, 0.29) is 11.9 Å². The zero-order chi connectivity index (χ0) is 22.2. The highest BCUT2D eigenvalue weighted by Gasteiger charge is 2.32. The van der Waals surface area contributed by atoms with Gasteiger partial charge in [-0.3, -0.25) is 9.78 Å². The number of anilines is 2. The normalized spacial score (nSPS) is 16.0. The van der Waals surface area contributed by atoms with Crippen LogP contribution in [-0.2, 0) is 0 Å². The minimum atomic E-state index is -0.0355. The van der Waals surface area contributed by atoms with E-state index in [2.05, 4.69) is 15.3 Å². The van der Waals surface area contributed by atoms with Crippen molar-refractivity contribution < 1.29 is 4.79 Å². The van der Waals surface area contributed by atoms with Crippen molar-refractivity contribution in [1.29, 1.82) is 0 Å². The number of amides is 1. The molecule has 1 atom stereocenters. The fourth-order valence-electron chi connectivity index (χ4n) is 4.35. The standard InChI is InChI=1S/C25H25N5OS/c1-15-6-4-10-26-24(15)29-19-12-16(2)27-21(14-19)22-7-5-11-30(22)25(31)18-8-9-20-23(13-18)32-17(3)28-20/h4,6,8-10,12-14,22H,5,7,11H2,1-3H3,(H,26,27,29). The maximum atomic E-state index is 13.4. The molecule has 1 aliphatic heterocycles. The lowest BCUT2D eigenvalue weighted by Crippen LogP contribution is -2.31. The molecule has 0 radical (unpaired) electrons. The summed E-state index contributed by atoms with van der Waals surface area (Å²) in [5.74, 6) is 0.885. The smallest absolute Gasteiger partial charge is 0.254 e. The Morgan fingerprint density at radius 1 is 1.12 bits per heavy atom. The molecule has 1 saturated heterocycles. The Kier molecular flexibility index (Phi) is 5.35. The van der Waals surface area contributed by atoms with Gasteiger partial charge < -0.3 is 10.2 Å². The minimum absolute atomic E-state index is 0.0355. The number of thiazole rings is 1. The molecule has 162 valence electrons. The molecule has 0 spiro atoms. The third kappa shape index (κ3) is 3.96. The maximum absolute atomic E-state index is 13.4. The fourth-order valence-corrected chi connectivity index (χ4v) is 5.21. The van der Waals surface area contributed by atoms with Crippen molar-refractivity contribution in [1.82, 2.24) is 19.9 Å². The summed E-state index contributed by atoms with van der Waals surface area (Å²) in [5.41, 5.74) is 5.51. The van der Waals surface area contributed by atoms with Crippen molar-refractivity contribution in [2.75, 3.05) is 11.9 Å². The first kappa shape index (κ1) is 20.6. The number of aromatic nitrogens is 3. The molecule has 1 N–H and O–H groups in total. The number of nitrogens with zero attached hydrogens (tertiary/aromatic N) is 4. The molecule has 32 heavy (non-hydrogen) atoms. The van der Waals surface area contributed by atoms with Crippen LogP contribution in [0.3, 0.4) is 0 Å². The molecule has 0 saturated carbocycles. The van der Waals surface area contributed by atoms with Gasteiger partial charge in [-0.15, -0.1) is 11.3 Å². The van der Waals surface area contributed by atoms with Crippen LogP contribution in [0.1, 0.15) is 51.2 Å². The summed E-state index contributed by atoms with van der Waals surface area (Å²) in [6.07, 6.45) is 3.66. The number of carbonyl (C=O) groups is 1. The maximum Gasteiger partial charge on any atom is 0.254 e. The number of likely N-dealkylation sites (tertiary alicyclic amines) is 1. The van der Waals surface area contributed by atoms with E-state index in [4.69, 9.17) is 4.98 Å². The van der Waals surface area contributed by atoms with E-state index in [9.17, 15) is 4.79 Å². The first-order valence-electron chi connectivity index (χ1n) is 10.8. The number of carbonyl (C=O) groups excluding carboxylic acids is 1. The average Bonchev–Trinajstić information content (AvgIpc) is 3.40. The third-order valence-electron chi connectivity index (χ3n) is 5.84. The molecule has 1 aromatic carbocycles. The minimum Gasteiger partial charge on any atom is -0.340 e. The van der Waals surface area contributed by atoms with Crippen LogP contribution in [0.25, 0.3) is 10.2 Å². The second-order valence-electron chi connectivity index (χ2n) is 8.29. The van der Waals surface area contributed by atoms with E-state index in [1.54, 1.807) is 17.5 Å². The summed E-state index contributed by atoms with van der Waals surface area (Å²) in [4.78, 5) is 29.2. The second kappa shape index (κ2) is 8.31. The van der Waals surface area contributed by atoms with E-state index in [1.165, 1.54) is 0 Å². The van der Waals surface area contributed by atoms with Gasteiger partial charge in [-0.05, 0) is 75.6 Å². The number of rotatable bonds is 4. The van der Waals surface area contributed by atoms with Crippen molar-refractivity contribution in [3.63, 3.8) is 0 Å². The Labute approximate surface area is 191 Å². The zero-order valence-corrected chi connectivity index (χ0v) is 19.2. The number of benzene rings is 1. The first-order valence-corrected chi connectivity index (χ1v) is 11.6. The van der Waals surface area contributed by atoms with Gasteiger partial charge in [-0.25, -0.2) is 9.97 Å². The number of aryl methyl sites for hydroxylation is 3. The number of hydrogen-bond acceptors (Lipinski definition) is 6. The van der Waals surface area contributed by atoms with Crippen LogP contribution < -0.4 is 5.32 Å². The van der Waals surface area contributed by atoms with Crippen molar-refractivity contribution in [2.45, 2.75) is 39.7 Å². The van der Waals surface area contributed by atoms with Crippen LogP contribution in [0, 0.1) is 20.8 Å². The predicted octanol–water partition coefficient (Wildman–Crippen LogP) is 5.73. The van der Waals surface area contributed by atoms with Gasteiger partial charge in [0.1, 0.15) is 5.82 Å². The topological polar surface area (TPSA) is 71.0 Å². The van der Waals surface area contributed by atoms with E-state index in [0.29, 0.717) is 5.56 Å². The summed E-state index contributed by atoms with van der Waals surface area (Å²) in [5, 5.41) is 4.42. The van der Waals surface area contributed by atoms with Gasteiger partial charge in [-0.1, -0.05) is 6.07 Å². The molecule has 0 aliphatic carbocycles. The quantitative estimate of drug-likeness (QED) is 0.436. The highest BCUT2D eigenvalue weighted by molar-refractivity contribution is 7.18. The molecule has 3 aromatic heterocycles. The van der Waals surface area contributed by atoms with E-state index >= 15 is 0 Å². The number of hydrogen-bond donors (Lipinski definition) is 1. The molecule has 1 unspecified atom stereocenters. The summed E-state index contributed by atoms with van der Waals surface area (Å²) in [7, 11) is 0. The lowest BCUT2D eigenvalue weighted by Gasteiger charge is -2.25. The Bertz CT molecular complexity index is 1310. The van der Waals surface area contributed by atoms with Crippen LogP contribution in [0.2, 0.25) is 0 Å². The second-order valence-corrected chi connectivity index (χ2v) is 9.52. The molecule has 4 aromatic rings. The van der Waals surface area contributed by atoms with Crippen molar-refractivity contribution >= 4 is 39.0 Å². The molecular weight excluding hydrogens is 418 g/mol. The molecule has 1 amide bonds. The van der Waals surface area contributed by atoms with Gasteiger partial charge in [0.15, 0.2) is 0 Å².